The van der Waals surface area contributed by atoms with E-state index in [1.165, 1.54) is 28.8 Å². The summed E-state index contributed by atoms with van der Waals surface area (Å²) in [6, 6.07) is 9.20. The molecule has 0 bridgehead atoms. The van der Waals surface area contributed by atoms with Gasteiger partial charge in [-0.05, 0) is 39.3 Å². The van der Waals surface area contributed by atoms with Crippen molar-refractivity contribution in [2.24, 2.45) is 0 Å². The second-order valence-electron chi connectivity index (χ2n) is 5.51. The van der Waals surface area contributed by atoms with Crippen LogP contribution >= 0.6 is 0 Å². The summed E-state index contributed by atoms with van der Waals surface area (Å²) >= 11 is 0. The van der Waals surface area contributed by atoms with Gasteiger partial charge in [0.15, 0.2) is 0 Å². The van der Waals surface area contributed by atoms with E-state index in [0.29, 0.717) is 6.04 Å². The first-order valence-electron chi connectivity index (χ1n) is 7.00. The third-order valence-electron chi connectivity index (χ3n) is 4.01. The lowest BCUT2D eigenvalue weighted by Gasteiger charge is -2.12. The van der Waals surface area contributed by atoms with Crippen LogP contribution in [0.3, 0.4) is 0 Å². The molecule has 1 N–H and O–H groups in total. The Morgan fingerprint density at radius 3 is 2.79 bits per heavy atom. The van der Waals surface area contributed by atoms with Crippen LogP contribution in [0.5, 0.6) is 0 Å². The molecule has 0 radical (unpaired) electrons. The number of nitrogens with one attached hydrogen (secondary N) is 1. The number of hydrogen-bond donors (Lipinski definition) is 1. The predicted octanol–water partition coefficient (Wildman–Crippen LogP) is 3.01. The van der Waals surface area contributed by atoms with E-state index in [4.69, 9.17) is 5.10 Å². The molecule has 1 saturated heterocycles. The molecule has 1 aliphatic rings. The molecule has 0 amide bonds. The Hall–Kier alpha value is -1.61. The standard InChI is InChI=1S/C16H21N3/c1-11-5-4-6-14(9-11)16-12(2)18-19(13(16)3)15-7-8-17-10-15/h4-6,9,15,17H,7-8,10H2,1-3H3. The van der Waals surface area contributed by atoms with Gasteiger partial charge < -0.3 is 5.32 Å². The largest absolute Gasteiger partial charge is 0.315 e. The van der Waals surface area contributed by atoms with Crippen LogP contribution in [-0.2, 0) is 0 Å². The lowest BCUT2D eigenvalue weighted by molar-refractivity contribution is 0.477. The summed E-state index contributed by atoms with van der Waals surface area (Å²) in [6.07, 6.45) is 1.18. The highest BCUT2D eigenvalue weighted by atomic mass is 15.3. The van der Waals surface area contributed by atoms with Crippen molar-refractivity contribution in [3.63, 3.8) is 0 Å². The van der Waals surface area contributed by atoms with Gasteiger partial charge in [0.1, 0.15) is 0 Å². The van der Waals surface area contributed by atoms with Crippen molar-refractivity contribution in [3.8, 4) is 11.1 Å². The zero-order valence-corrected chi connectivity index (χ0v) is 11.9. The molecule has 1 atom stereocenters. The van der Waals surface area contributed by atoms with Gasteiger partial charge in [0.2, 0.25) is 0 Å². The zero-order valence-electron chi connectivity index (χ0n) is 11.9. The van der Waals surface area contributed by atoms with Gasteiger partial charge in [0, 0.05) is 17.8 Å². The fraction of sp³-hybridized carbons (Fsp3) is 0.438. The van der Waals surface area contributed by atoms with Crippen molar-refractivity contribution < 1.29 is 0 Å². The van der Waals surface area contributed by atoms with E-state index in [-0.39, 0.29) is 0 Å². The fourth-order valence-electron chi connectivity index (χ4n) is 3.08. The molecule has 0 spiro atoms. The maximum atomic E-state index is 4.77. The average Bonchev–Trinajstić information content (AvgIpc) is 2.97. The third kappa shape index (κ3) is 2.19. The molecule has 0 saturated carbocycles. The number of nitrogens with zero attached hydrogens (tertiary/aromatic N) is 2. The minimum absolute atomic E-state index is 0.511. The Morgan fingerprint density at radius 1 is 1.26 bits per heavy atom. The zero-order chi connectivity index (χ0) is 13.4. The lowest BCUT2D eigenvalue weighted by atomic mass is 10.0. The maximum Gasteiger partial charge on any atom is 0.0675 e. The molecule has 1 aromatic heterocycles. The van der Waals surface area contributed by atoms with Gasteiger partial charge in [0.05, 0.1) is 11.7 Å². The van der Waals surface area contributed by atoms with Crippen LogP contribution in [0.2, 0.25) is 0 Å². The first-order valence-corrected chi connectivity index (χ1v) is 7.00. The maximum absolute atomic E-state index is 4.77. The molecule has 19 heavy (non-hydrogen) atoms. The Balaban J connectivity index is 2.07. The van der Waals surface area contributed by atoms with E-state index in [1.54, 1.807) is 0 Å². The van der Waals surface area contributed by atoms with E-state index in [1.807, 2.05) is 0 Å². The summed E-state index contributed by atoms with van der Waals surface area (Å²) in [6.45, 7) is 8.58. The molecule has 0 aliphatic carbocycles. The topological polar surface area (TPSA) is 29.9 Å². The van der Waals surface area contributed by atoms with Crippen LogP contribution < -0.4 is 5.32 Å². The van der Waals surface area contributed by atoms with Crippen molar-refractivity contribution in [3.05, 3.63) is 41.2 Å². The molecular weight excluding hydrogens is 234 g/mol. The molecule has 2 aromatic rings. The molecule has 3 heteroatoms. The Morgan fingerprint density at radius 2 is 2.11 bits per heavy atom. The first-order chi connectivity index (χ1) is 9.16. The van der Waals surface area contributed by atoms with Crippen LogP contribution in [0, 0.1) is 20.8 Å². The summed E-state index contributed by atoms with van der Waals surface area (Å²) in [5.74, 6) is 0. The molecule has 3 rings (SSSR count). The monoisotopic (exact) mass is 255 g/mol. The number of hydrogen-bond acceptors (Lipinski definition) is 2. The summed E-state index contributed by atoms with van der Waals surface area (Å²) in [4.78, 5) is 0. The smallest absolute Gasteiger partial charge is 0.0675 e. The number of rotatable bonds is 2. The molecular formula is C16H21N3. The molecule has 1 aromatic carbocycles. The van der Waals surface area contributed by atoms with Crippen molar-refractivity contribution in [1.82, 2.24) is 15.1 Å². The van der Waals surface area contributed by atoms with Crippen molar-refractivity contribution in [1.29, 1.82) is 0 Å². The first kappa shape index (κ1) is 12.4. The van der Waals surface area contributed by atoms with Crippen LogP contribution in [0.1, 0.15) is 29.4 Å². The highest BCUT2D eigenvalue weighted by Gasteiger charge is 2.22. The Kier molecular flexibility index (Phi) is 3.15. The van der Waals surface area contributed by atoms with E-state index < -0.39 is 0 Å². The van der Waals surface area contributed by atoms with E-state index in [0.717, 1.165) is 18.8 Å². The number of benzene rings is 1. The van der Waals surface area contributed by atoms with Crippen molar-refractivity contribution in [2.75, 3.05) is 13.1 Å². The summed E-state index contributed by atoms with van der Waals surface area (Å²) in [5, 5.41) is 8.19. The van der Waals surface area contributed by atoms with Crippen LogP contribution in [0.4, 0.5) is 0 Å². The average molecular weight is 255 g/mol. The van der Waals surface area contributed by atoms with E-state index >= 15 is 0 Å². The van der Waals surface area contributed by atoms with Gasteiger partial charge in [-0.15, -0.1) is 0 Å². The Labute approximate surface area is 114 Å². The van der Waals surface area contributed by atoms with E-state index in [2.05, 4.69) is 55.0 Å². The minimum Gasteiger partial charge on any atom is -0.315 e. The van der Waals surface area contributed by atoms with Gasteiger partial charge >= 0.3 is 0 Å². The summed E-state index contributed by atoms with van der Waals surface area (Å²) in [5.41, 5.74) is 6.31. The number of aromatic nitrogens is 2. The van der Waals surface area contributed by atoms with Gasteiger partial charge in [-0.1, -0.05) is 29.8 Å². The second kappa shape index (κ2) is 4.82. The highest BCUT2D eigenvalue weighted by Crippen LogP contribution is 2.30. The Bertz CT molecular complexity index is 592. The van der Waals surface area contributed by atoms with Gasteiger partial charge in [-0.3, -0.25) is 4.68 Å². The molecule has 1 aliphatic heterocycles. The lowest BCUT2D eigenvalue weighted by Crippen LogP contribution is -2.15. The normalized spacial score (nSPS) is 19.0. The predicted molar refractivity (Wildman–Crippen MR) is 78.4 cm³/mol. The molecule has 100 valence electrons. The molecule has 2 heterocycles. The molecule has 1 unspecified atom stereocenters. The quantitative estimate of drug-likeness (QED) is 0.894. The third-order valence-corrected chi connectivity index (χ3v) is 4.01. The fourth-order valence-corrected chi connectivity index (χ4v) is 3.08. The number of aryl methyl sites for hydroxylation is 2. The van der Waals surface area contributed by atoms with Gasteiger partial charge in [-0.2, -0.15) is 5.10 Å². The SMILES string of the molecule is Cc1cccc(-c2c(C)nn(C3CCNC3)c2C)c1. The van der Waals surface area contributed by atoms with Crippen LogP contribution in [0.15, 0.2) is 24.3 Å². The van der Waals surface area contributed by atoms with Crippen LogP contribution in [-0.4, -0.2) is 22.9 Å². The second-order valence-corrected chi connectivity index (χ2v) is 5.51. The van der Waals surface area contributed by atoms with Gasteiger partial charge in [-0.25, -0.2) is 0 Å². The summed E-state index contributed by atoms with van der Waals surface area (Å²) in [7, 11) is 0. The van der Waals surface area contributed by atoms with Crippen LogP contribution in [0.25, 0.3) is 11.1 Å². The molecule has 1 fully saturated rings. The summed E-state index contributed by atoms with van der Waals surface area (Å²) < 4.78 is 2.22. The van der Waals surface area contributed by atoms with Gasteiger partial charge in [0.25, 0.3) is 0 Å². The molecule has 3 nitrogen and oxygen atoms in total. The highest BCUT2D eigenvalue weighted by molar-refractivity contribution is 5.69. The van der Waals surface area contributed by atoms with E-state index in [9.17, 15) is 0 Å². The minimum atomic E-state index is 0.511. The van der Waals surface area contributed by atoms with Crippen molar-refractivity contribution >= 4 is 0 Å². The van der Waals surface area contributed by atoms with Crippen molar-refractivity contribution in [2.45, 2.75) is 33.2 Å².